The van der Waals surface area contributed by atoms with Gasteiger partial charge in [-0.05, 0) is 35.7 Å². The highest BCUT2D eigenvalue weighted by Gasteiger charge is 2.10. The second-order valence-electron chi connectivity index (χ2n) is 4.92. The minimum atomic E-state index is -0.181. The molecule has 2 aromatic rings. The smallest absolute Gasteiger partial charge is 0.257 e. The Morgan fingerprint density at radius 1 is 1.10 bits per heavy atom. The fraction of sp³-hybridized carbons (Fsp3) is 0.188. The van der Waals surface area contributed by atoms with Crippen molar-refractivity contribution >= 4 is 17.3 Å². The zero-order chi connectivity index (χ0) is 14.5. The van der Waals surface area contributed by atoms with Crippen molar-refractivity contribution in [1.82, 2.24) is 0 Å². The van der Waals surface area contributed by atoms with Gasteiger partial charge in [-0.25, -0.2) is 0 Å². The Kier molecular flexibility index (Phi) is 4.38. The van der Waals surface area contributed by atoms with E-state index in [4.69, 9.17) is 5.84 Å². The quantitative estimate of drug-likeness (QED) is 0.589. The average molecular weight is 269 g/mol. The van der Waals surface area contributed by atoms with Crippen molar-refractivity contribution < 1.29 is 4.79 Å². The Hall–Kier alpha value is -2.33. The van der Waals surface area contributed by atoms with Crippen LogP contribution in [0.4, 0.5) is 11.4 Å². The standard InChI is InChI=1S/C16H19N3O/c1-11(2)12-6-5-7-13(10-12)18-16(20)14-8-3-4-9-15(14)19-17/h3-11,19H,17H2,1-2H3,(H,18,20). The van der Waals surface area contributed by atoms with Gasteiger partial charge in [0.25, 0.3) is 5.91 Å². The molecule has 0 bridgehead atoms. The second kappa shape index (κ2) is 6.21. The van der Waals surface area contributed by atoms with Crippen LogP contribution in [0.2, 0.25) is 0 Å². The maximum absolute atomic E-state index is 12.3. The monoisotopic (exact) mass is 269 g/mol. The number of amides is 1. The number of hydrogen-bond acceptors (Lipinski definition) is 3. The van der Waals surface area contributed by atoms with Crippen molar-refractivity contribution in [1.29, 1.82) is 0 Å². The lowest BCUT2D eigenvalue weighted by Crippen LogP contribution is -2.17. The van der Waals surface area contributed by atoms with Crippen LogP contribution in [0.15, 0.2) is 48.5 Å². The number of hydrazine groups is 1. The van der Waals surface area contributed by atoms with E-state index >= 15 is 0 Å². The molecule has 0 unspecified atom stereocenters. The molecule has 0 aliphatic rings. The molecule has 2 rings (SSSR count). The number of nitrogen functional groups attached to an aromatic ring is 1. The maximum Gasteiger partial charge on any atom is 0.257 e. The minimum Gasteiger partial charge on any atom is -0.323 e. The first-order valence-corrected chi connectivity index (χ1v) is 6.58. The molecule has 4 heteroatoms. The normalized spacial score (nSPS) is 10.4. The molecule has 4 N–H and O–H groups in total. The van der Waals surface area contributed by atoms with E-state index in [1.54, 1.807) is 18.2 Å². The van der Waals surface area contributed by atoms with Crippen molar-refractivity contribution in [3.8, 4) is 0 Å². The second-order valence-corrected chi connectivity index (χ2v) is 4.92. The molecule has 4 nitrogen and oxygen atoms in total. The number of benzene rings is 2. The summed E-state index contributed by atoms with van der Waals surface area (Å²) in [5, 5.41) is 2.89. The first kappa shape index (κ1) is 14.1. The predicted octanol–water partition coefficient (Wildman–Crippen LogP) is 3.35. The van der Waals surface area contributed by atoms with Crippen molar-refractivity contribution in [2.45, 2.75) is 19.8 Å². The molecule has 0 saturated carbocycles. The summed E-state index contributed by atoms with van der Waals surface area (Å²) in [7, 11) is 0. The summed E-state index contributed by atoms with van der Waals surface area (Å²) in [6.45, 7) is 4.24. The van der Waals surface area contributed by atoms with Gasteiger partial charge in [0.2, 0.25) is 0 Å². The Labute approximate surface area is 119 Å². The molecule has 104 valence electrons. The third-order valence-corrected chi connectivity index (χ3v) is 3.14. The van der Waals surface area contributed by atoms with Crippen LogP contribution in [0.25, 0.3) is 0 Å². The van der Waals surface area contributed by atoms with Crippen LogP contribution in [-0.4, -0.2) is 5.91 Å². The lowest BCUT2D eigenvalue weighted by Gasteiger charge is -2.11. The molecule has 0 saturated heterocycles. The summed E-state index contributed by atoms with van der Waals surface area (Å²) < 4.78 is 0. The summed E-state index contributed by atoms with van der Waals surface area (Å²) >= 11 is 0. The lowest BCUT2D eigenvalue weighted by atomic mass is 10.0. The molecule has 0 heterocycles. The highest BCUT2D eigenvalue weighted by Crippen LogP contribution is 2.20. The third-order valence-electron chi connectivity index (χ3n) is 3.14. The first-order chi connectivity index (χ1) is 9.61. The van der Waals surface area contributed by atoms with Crippen LogP contribution in [0, 0.1) is 0 Å². The summed E-state index contributed by atoms with van der Waals surface area (Å²) in [5.74, 6) is 5.66. The number of carbonyl (C=O) groups is 1. The SMILES string of the molecule is CC(C)c1cccc(NC(=O)c2ccccc2NN)c1. The zero-order valence-electron chi connectivity index (χ0n) is 11.7. The van der Waals surface area contributed by atoms with E-state index in [1.165, 1.54) is 5.56 Å². The number of rotatable bonds is 4. The van der Waals surface area contributed by atoms with Gasteiger partial charge in [0, 0.05) is 5.69 Å². The third kappa shape index (κ3) is 3.16. The van der Waals surface area contributed by atoms with Gasteiger partial charge in [-0.15, -0.1) is 0 Å². The number of para-hydroxylation sites is 1. The van der Waals surface area contributed by atoms with Gasteiger partial charge in [0.1, 0.15) is 0 Å². The number of nitrogens with one attached hydrogen (secondary N) is 2. The van der Waals surface area contributed by atoms with Crippen molar-refractivity contribution in [3.05, 3.63) is 59.7 Å². The molecule has 0 radical (unpaired) electrons. The fourth-order valence-corrected chi connectivity index (χ4v) is 1.98. The topological polar surface area (TPSA) is 67.2 Å². The van der Waals surface area contributed by atoms with Gasteiger partial charge >= 0.3 is 0 Å². The average Bonchev–Trinajstić information content (AvgIpc) is 2.47. The van der Waals surface area contributed by atoms with Gasteiger partial charge in [0.05, 0.1) is 11.3 Å². The van der Waals surface area contributed by atoms with Gasteiger partial charge in [-0.1, -0.05) is 38.1 Å². The van der Waals surface area contributed by atoms with E-state index in [2.05, 4.69) is 30.7 Å². The van der Waals surface area contributed by atoms with Gasteiger partial charge in [0.15, 0.2) is 0 Å². The Morgan fingerprint density at radius 2 is 1.85 bits per heavy atom. The minimum absolute atomic E-state index is 0.181. The number of nitrogens with two attached hydrogens (primary N) is 1. The molecular formula is C16H19N3O. The van der Waals surface area contributed by atoms with Crippen molar-refractivity contribution in [3.63, 3.8) is 0 Å². The number of anilines is 2. The highest BCUT2D eigenvalue weighted by atomic mass is 16.1. The molecule has 20 heavy (non-hydrogen) atoms. The fourth-order valence-electron chi connectivity index (χ4n) is 1.98. The van der Waals surface area contributed by atoms with Crippen LogP contribution in [0.5, 0.6) is 0 Å². The number of carbonyl (C=O) groups excluding carboxylic acids is 1. The molecule has 1 amide bonds. The van der Waals surface area contributed by atoms with Gasteiger partial charge in [-0.3, -0.25) is 10.6 Å². The molecule has 0 aromatic heterocycles. The van der Waals surface area contributed by atoms with E-state index in [-0.39, 0.29) is 5.91 Å². The molecule has 0 aliphatic heterocycles. The molecule has 0 aliphatic carbocycles. The Morgan fingerprint density at radius 3 is 2.55 bits per heavy atom. The number of hydrogen-bond donors (Lipinski definition) is 3. The van der Waals surface area contributed by atoms with E-state index in [1.807, 2.05) is 24.3 Å². The first-order valence-electron chi connectivity index (χ1n) is 6.58. The molecule has 0 spiro atoms. The van der Waals surface area contributed by atoms with Crippen LogP contribution >= 0.6 is 0 Å². The van der Waals surface area contributed by atoms with E-state index in [9.17, 15) is 4.79 Å². The van der Waals surface area contributed by atoms with Crippen LogP contribution in [0.3, 0.4) is 0 Å². The summed E-state index contributed by atoms with van der Waals surface area (Å²) in [5.41, 5.74) is 5.62. The van der Waals surface area contributed by atoms with E-state index in [0.29, 0.717) is 17.2 Å². The largest absolute Gasteiger partial charge is 0.323 e. The Balaban J connectivity index is 2.21. The van der Waals surface area contributed by atoms with Crippen molar-refractivity contribution in [2.24, 2.45) is 5.84 Å². The molecular weight excluding hydrogens is 250 g/mol. The predicted molar refractivity (Wildman–Crippen MR) is 82.7 cm³/mol. The van der Waals surface area contributed by atoms with Crippen molar-refractivity contribution in [2.75, 3.05) is 10.7 Å². The summed E-state index contributed by atoms with van der Waals surface area (Å²) in [4.78, 5) is 12.3. The van der Waals surface area contributed by atoms with Crippen LogP contribution in [0.1, 0.15) is 35.7 Å². The van der Waals surface area contributed by atoms with Gasteiger partial charge in [-0.2, -0.15) is 0 Å². The highest BCUT2D eigenvalue weighted by molar-refractivity contribution is 6.08. The molecule has 2 aromatic carbocycles. The molecule has 0 atom stereocenters. The summed E-state index contributed by atoms with van der Waals surface area (Å²) in [6, 6.07) is 15.0. The van der Waals surface area contributed by atoms with Crippen LogP contribution < -0.4 is 16.6 Å². The van der Waals surface area contributed by atoms with E-state index < -0.39 is 0 Å². The summed E-state index contributed by atoms with van der Waals surface area (Å²) in [6.07, 6.45) is 0. The maximum atomic E-state index is 12.3. The van der Waals surface area contributed by atoms with E-state index in [0.717, 1.165) is 5.69 Å². The van der Waals surface area contributed by atoms with Crippen LogP contribution in [-0.2, 0) is 0 Å². The lowest BCUT2D eigenvalue weighted by molar-refractivity contribution is 0.102. The Bertz CT molecular complexity index is 608. The molecule has 0 fully saturated rings. The zero-order valence-corrected chi connectivity index (χ0v) is 11.7. The van der Waals surface area contributed by atoms with Gasteiger partial charge < -0.3 is 10.7 Å².